The van der Waals surface area contributed by atoms with Crippen LogP contribution in [0.1, 0.15) is 10.4 Å². The van der Waals surface area contributed by atoms with Gasteiger partial charge in [-0.3, -0.25) is 4.79 Å². The molecule has 1 aliphatic rings. The summed E-state index contributed by atoms with van der Waals surface area (Å²) in [4.78, 5) is 12.0. The number of benzene rings is 1. The summed E-state index contributed by atoms with van der Waals surface area (Å²) in [5, 5.41) is 3.80. The third kappa shape index (κ3) is 3.21. The minimum Gasteiger partial charge on any atom is -0.345 e. The maximum absolute atomic E-state index is 12.0. The first kappa shape index (κ1) is 13.8. The van der Waals surface area contributed by atoms with Crippen LogP contribution in [0.4, 0.5) is 0 Å². The van der Waals surface area contributed by atoms with E-state index in [-0.39, 0.29) is 11.7 Å². The Hall–Kier alpha value is -0.660. The predicted molar refractivity (Wildman–Crippen MR) is 76.0 cm³/mol. The average molecular weight is 395 g/mol. The van der Waals surface area contributed by atoms with Gasteiger partial charge in [-0.1, -0.05) is 15.9 Å². The SMILES string of the molecule is O=C(NC1C=CS(=O)(=O)C1)c1cc(Br)ccc1Br. The highest BCUT2D eigenvalue weighted by molar-refractivity contribution is 9.11. The van der Waals surface area contributed by atoms with Gasteiger partial charge in [-0.15, -0.1) is 0 Å². The van der Waals surface area contributed by atoms with Crippen LogP contribution in [0.15, 0.2) is 38.6 Å². The Bertz CT molecular complexity index is 625. The van der Waals surface area contributed by atoms with Gasteiger partial charge in [0, 0.05) is 14.4 Å². The Labute approximate surface area is 122 Å². The van der Waals surface area contributed by atoms with Gasteiger partial charge in [0.25, 0.3) is 5.91 Å². The van der Waals surface area contributed by atoms with E-state index in [9.17, 15) is 13.2 Å². The van der Waals surface area contributed by atoms with E-state index in [0.717, 1.165) is 9.88 Å². The van der Waals surface area contributed by atoms with E-state index in [2.05, 4.69) is 37.2 Å². The van der Waals surface area contributed by atoms with E-state index in [1.54, 1.807) is 18.2 Å². The van der Waals surface area contributed by atoms with E-state index in [1.807, 2.05) is 0 Å². The Morgan fingerprint density at radius 1 is 1.33 bits per heavy atom. The normalized spacial score (nSPS) is 20.9. The smallest absolute Gasteiger partial charge is 0.252 e. The van der Waals surface area contributed by atoms with Crippen molar-refractivity contribution in [2.45, 2.75) is 6.04 Å². The lowest BCUT2D eigenvalue weighted by Crippen LogP contribution is -2.35. The molecule has 1 atom stereocenters. The Morgan fingerprint density at radius 3 is 2.67 bits per heavy atom. The molecule has 0 fully saturated rings. The summed E-state index contributed by atoms with van der Waals surface area (Å²) in [5.41, 5.74) is 0.460. The molecule has 2 rings (SSSR count). The summed E-state index contributed by atoms with van der Waals surface area (Å²) in [7, 11) is -3.16. The molecule has 18 heavy (non-hydrogen) atoms. The summed E-state index contributed by atoms with van der Waals surface area (Å²) < 4.78 is 23.9. The number of halogens is 2. The van der Waals surface area contributed by atoms with Crippen molar-refractivity contribution in [1.29, 1.82) is 0 Å². The van der Waals surface area contributed by atoms with E-state index in [1.165, 1.54) is 6.08 Å². The number of carbonyl (C=O) groups excluding carboxylic acids is 1. The maximum atomic E-state index is 12.0. The summed E-state index contributed by atoms with van der Waals surface area (Å²) in [5.74, 6) is -0.389. The van der Waals surface area contributed by atoms with Crippen LogP contribution in [0.3, 0.4) is 0 Å². The lowest BCUT2D eigenvalue weighted by molar-refractivity contribution is 0.0947. The van der Waals surface area contributed by atoms with Crippen molar-refractivity contribution in [3.05, 3.63) is 44.2 Å². The fourth-order valence-electron chi connectivity index (χ4n) is 1.58. The second kappa shape index (κ2) is 5.14. The van der Waals surface area contributed by atoms with Crippen molar-refractivity contribution in [3.63, 3.8) is 0 Å². The van der Waals surface area contributed by atoms with Crippen LogP contribution in [0, 0.1) is 0 Å². The minimum absolute atomic E-state index is 0.0790. The van der Waals surface area contributed by atoms with Crippen molar-refractivity contribution in [1.82, 2.24) is 5.32 Å². The summed E-state index contributed by atoms with van der Waals surface area (Å²) in [6, 6.07) is 4.77. The fourth-order valence-corrected chi connectivity index (χ4v) is 3.61. The molecule has 0 aromatic heterocycles. The number of nitrogens with one attached hydrogen (secondary N) is 1. The molecule has 7 heteroatoms. The molecule has 1 heterocycles. The predicted octanol–water partition coefficient (Wildman–Crippen LogP) is 2.25. The van der Waals surface area contributed by atoms with Crippen molar-refractivity contribution < 1.29 is 13.2 Å². The van der Waals surface area contributed by atoms with Gasteiger partial charge >= 0.3 is 0 Å². The molecule has 96 valence electrons. The molecule has 0 saturated heterocycles. The largest absolute Gasteiger partial charge is 0.345 e. The first-order valence-corrected chi connectivity index (χ1v) is 8.34. The van der Waals surface area contributed by atoms with Crippen molar-refractivity contribution in [2.24, 2.45) is 0 Å². The highest BCUT2D eigenvalue weighted by Gasteiger charge is 2.24. The average Bonchev–Trinajstić information content (AvgIpc) is 2.61. The number of amides is 1. The van der Waals surface area contributed by atoms with Crippen molar-refractivity contribution >= 4 is 47.6 Å². The van der Waals surface area contributed by atoms with Crippen LogP contribution in [0.25, 0.3) is 0 Å². The highest BCUT2D eigenvalue weighted by atomic mass is 79.9. The van der Waals surface area contributed by atoms with Crippen LogP contribution in [0.5, 0.6) is 0 Å². The molecule has 4 nitrogen and oxygen atoms in total. The zero-order chi connectivity index (χ0) is 13.3. The molecule has 1 aliphatic heterocycles. The van der Waals surface area contributed by atoms with Crippen LogP contribution >= 0.6 is 31.9 Å². The Morgan fingerprint density at radius 2 is 2.06 bits per heavy atom. The van der Waals surface area contributed by atoms with Gasteiger partial charge in [-0.25, -0.2) is 8.42 Å². The third-order valence-corrected chi connectivity index (χ3v) is 5.00. The summed E-state index contributed by atoms with van der Waals surface area (Å²) in [6.07, 6.45) is 1.49. The molecule has 0 bridgehead atoms. The highest BCUT2D eigenvalue weighted by Crippen LogP contribution is 2.22. The summed E-state index contributed by atoms with van der Waals surface area (Å²) >= 11 is 6.57. The number of hydrogen-bond acceptors (Lipinski definition) is 3. The third-order valence-electron chi connectivity index (χ3n) is 2.42. The molecule has 0 spiro atoms. The number of sulfone groups is 1. The maximum Gasteiger partial charge on any atom is 0.252 e. The van der Waals surface area contributed by atoms with E-state index >= 15 is 0 Å². The molecule has 1 unspecified atom stereocenters. The zero-order valence-electron chi connectivity index (χ0n) is 9.06. The zero-order valence-corrected chi connectivity index (χ0v) is 13.0. The second-order valence-electron chi connectivity index (χ2n) is 3.86. The lowest BCUT2D eigenvalue weighted by Gasteiger charge is -2.11. The topological polar surface area (TPSA) is 63.2 Å². The fraction of sp³-hybridized carbons (Fsp3) is 0.182. The van der Waals surface area contributed by atoms with Gasteiger partial charge in [0.2, 0.25) is 0 Å². The van der Waals surface area contributed by atoms with Crippen LogP contribution in [0.2, 0.25) is 0 Å². The van der Waals surface area contributed by atoms with Gasteiger partial charge < -0.3 is 5.32 Å². The minimum atomic E-state index is -3.16. The number of hydrogen-bond donors (Lipinski definition) is 1. The molecular formula is C11H9Br2NO3S. The number of carbonyl (C=O) groups is 1. The monoisotopic (exact) mass is 393 g/mol. The molecule has 1 N–H and O–H groups in total. The van der Waals surface area contributed by atoms with E-state index in [0.29, 0.717) is 10.0 Å². The van der Waals surface area contributed by atoms with Gasteiger partial charge in [0.1, 0.15) is 0 Å². The van der Waals surface area contributed by atoms with E-state index < -0.39 is 15.9 Å². The van der Waals surface area contributed by atoms with E-state index in [4.69, 9.17) is 0 Å². The van der Waals surface area contributed by atoms with Gasteiger partial charge in [-0.2, -0.15) is 0 Å². The second-order valence-corrected chi connectivity index (χ2v) is 7.56. The molecule has 1 amide bonds. The standard InChI is InChI=1S/C11H9Br2NO3S/c12-7-1-2-10(13)9(5-7)11(15)14-8-3-4-18(16,17)6-8/h1-5,8H,6H2,(H,14,15). The van der Waals surface area contributed by atoms with Crippen molar-refractivity contribution in [3.8, 4) is 0 Å². The Kier molecular flexibility index (Phi) is 3.93. The quantitative estimate of drug-likeness (QED) is 0.836. The molecule has 1 aromatic rings. The molecule has 0 saturated carbocycles. The first-order valence-electron chi connectivity index (χ1n) is 5.04. The number of rotatable bonds is 2. The van der Waals surface area contributed by atoms with Crippen LogP contribution < -0.4 is 5.32 Å². The lowest BCUT2D eigenvalue weighted by atomic mass is 10.2. The Balaban J connectivity index is 2.14. The van der Waals surface area contributed by atoms with Gasteiger partial charge in [0.05, 0.1) is 17.4 Å². The first-order chi connectivity index (χ1) is 8.37. The molecular weight excluding hydrogens is 386 g/mol. The summed E-state index contributed by atoms with van der Waals surface area (Å²) in [6.45, 7) is 0. The molecule has 0 radical (unpaired) electrons. The van der Waals surface area contributed by atoms with Gasteiger partial charge in [0.15, 0.2) is 9.84 Å². The van der Waals surface area contributed by atoms with Crippen molar-refractivity contribution in [2.75, 3.05) is 5.75 Å². The molecule has 0 aliphatic carbocycles. The van der Waals surface area contributed by atoms with Crippen LogP contribution in [-0.2, 0) is 9.84 Å². The molecule has 1 aromatic carbocycles. The van der Waals surface area contributed by atoms with Crippen LogP contribution in [-0.4, -0.2) is 26.1 Å². The van der Waals surface area contributed by atoms with Gasteiger partial charge in [-0.05, 0) is 40.2 Å².